The van der Waals surface area contributed by atoms with Gasteiger partial charge in [0.1, 0.15) is 28.8 Å². The average molecular weight is 453 g/mol. The fourth-order valence-electron chi connectivity index (χ4n) is 3.63. The second kappa shape index (κ2) is 10.5. The Morgan fingerprint density at radius 1 is 1.00 bits per heavy atom. The van der Waals surface area contributed by atoms with Crippen molar-refractivity contribution in [1.29, 1.82) is 0 Å². The summed E-state index contributed by atoms with van der Waals surface area (Å²) in [6.07, 6.45) is 3.07. The molecule has 0 saturated heterocycles. The summed E-state index contributed by atoms with van der Waals surface area (Å²) in [5.41, 5.74) is 2.77. The first-order chi connectivity index (χ1) is 16.6. The number of ketones is 1. The van der Waals surface area contributed by atoms with Gasteiger partial charge in [0.15, 0.2) is 0 Å². The lowest BCUT2D eigenvalue weighted by molar-refractivity contribution is -0.117. The van der Waals surface area contributed by atoms with Gasteiger partial charge in [-0.05, 0) is 60.0 Å². The maximum absolute atomic E-state index is 12.4. The van der Waals surface area contributed by atoms with E-state index in [2.05, 4.69) is 9.83 Å². The number of fused-ring (bicyclic) bond motifs is 1. The SMILES string of the molecule is [C-]#[N+]c1cc2c(Oc3ccc(CC(=O)Cc4cccc(O)c4)cc3)ccnc2cc1OCCC. The minimum atomic E-state index is 0.0622. The van der Waals surface area contributed by atoms with Crippen LogP contribution in [0.5, 0.6) is 23.0 Å². The molecule has 4 rings (SSSR count). The maximum atomic E-state index is 12.4. The van der Waals surface area contributed by atoms with Gasteiger partial charge < -0.3 is 14.6 Å². The van der Waals surface area contributed by atoms with Gasteiger partial charge in [0.2, 0.25) is 5.69 Å². The molecule has 34 heavy (non-hydrogen) atoms. The zero-order valence-electron chi connectivity index (χ0n) is 18.8. The number of hydrogen-bond acceptors (Lipinski definition) is 5. The van der Waals surface area contributed by atoms with Crippen LogP contribution in [-0.2, 0) is 17.6 Å². The highest BCUT2D eigenvalue weighted by atomic mass is 16.5. The number of Topliss-reactive ketones (excluding diaryl/α,β-unsaturated/α-hetero) is 1. The van der Waals surface area contributed by atoms with Gasteiger partial charge in [-0.3, -0.25) is 9.78 Å². The fourth-order valence-corrected chi connectivity index (χ4v) is 3.63. The number of nitrogens with zero attached hydrogens (tertiary/aromatic N) is 2. The number of phenols is 1. The summed E-state index contributed by atoms with van der Waals surface area (Å²) in [4.78, 5) is 20.4. The summed E-state index contributed by atoms with van der Waals surface area (Å²) >= 11 is 0. The third-order valence-electron chi connectivity index (χ3n) is 5.23. The number of hydrogen-bond donors (Lipinski definition) is 1. The van der Waals surface area contributed by atoms with Gasteiger partial charge in [-0.2, -0.15) is 0 Å². The number of aromatic hydroxyl groups is 1. The monoisotopic (exact) mass is 452 g/mol. The van der Waals surface area contributed by atoms with Gasteiger partial charge in [0.25, 0.3) is 0 Å². The van der Waals surface area contributed by atoms with Crippen molar-refractivity contribution in [2.45, 2.75) is 26.2 Å². The van der Waals surface area contributed by atoms with Crippen LogP contribution in [-0.4, -0.2) is 22.5 Å². The second-order valence-corrected chi connectivity index (χ2v) is 7.91. The van der Waals surface area contributed by atoms with E-state index in [9.17, 15) is 9.90 Å². The first kappa shape index (κ1) is 22.8. The molecule has 0 aliphatic rings. The van der Waals surface area contributed by atoms with E-state index in [-0.39, 0.29) is 18.0 Å². The molecule has 170 valence electrons. The molecule has 0 spiro atoms. The van der Waals surface area contributed by atoms with Crippen molar-refractivity contribution < 1.29 is 19.4 Å². The van der Waals surface area contributed by atoms with Crippen LogP contribution in [0.25, 0.3) is 15.7 Å². The van der Waals surface area contributed by atoms with Crippen molar-refractivity contribution in [3.8, 4) is 23.0 Å². The molecule has 0 bridgehead atoms. The highest BCUT2D eigenvalue weighted by Gasteiger charge is 2.12. The van der Waals surface area contributed by atoms with Crippen molar-refractivity contribution in [3.05, 3.63) is 95.5 Å². The third-order valence-corrected chi connectivity index (χ3v) is 5.23. The minimum Gasteiger partial charge on any atom is -0.508 e. The zero-order chi connectivity index (χ0) is 23.9. The molecule has 6 nitrogen and oxygen atoms in total. The van der Waals surface area contributed by atoms with Gasteiger partial charge in [0, 0.05) is 24.4 Å². The predicted molar refractivity (Wildman–Crippen MR) is 131 cm³/mol. The summed E-state index contributed by atoms with van der Waals surface area (Å²) in [6.45, 7) is 10.0. The predicted octanol–water partition coefficient (Wildman–Crippen LogP) is 6.43. The standard InChI is InChI=1S/C28H24N2O4/c1-3-13-33-28-18-25-24(17-26(28)29-2)27(11-12-30-25)34-23-9-7-19(8-10-23)14-22(32)16-20-5-4-6-21(31)15-20/h4-12,15,17-18,31H,3,13-14,16H2,1H3. The van der Waals surface area contributed by atoms with Gasteiger partial charge in [-0.15, -0.1) is 0 Å². The molecular weight excluding hydrogens is 428 g/mol. The molecule has 0 radical (unpaired) electrons. The molecule has 1 aromatic heterocycles. The molecule has 0 saturated carbocycles. The molecule has 0 unspecified atom stereocenters. The second-order valence-electron chi connectivity index (χ2n) is 7.91. The van der Waals surface area contributed by atoms with Crippen LogP contribution in [0.2, 0.25) is 0 Å². The van der Waals surface area contributed by atoms with Crippen molar-refractivity contribution in [1.82, 2.24) is 4.98 Å². The van der Waals surface area contributed by atoms with Crippen LogP contribution < -0.4 is 9.47 Å². The van der Waals surface area contributed by atoms with Gasteiger partial charge in [0.05, 0.1) is 18.7 Å². The van der Waals surface area contributed by atoms with Gasteiger partial charge in [-0.25, -0.2) is 4.85 Å². The lowest BCUT2D eigenvalue weighted by Gasteiger charge is -2.12. The maximum Gasteiger partial charge on any atom is 0.229 e. The Labute approximate surface area is 198 Å². The van der Waals surface area contributed by atoms with E-state index in [1.54, 1.807) is 42.6 Å². The molecule has 4 aromatic rings. The first-order valence-corrected chi connectivity index (χ1v) is 11.0. The van der Waals surface area contributed by atoms with E-state index in [1.807, 2.05) is 37.3 Å². The fraction of sp³-hybridized carbons (Fsp3) is 0.179. The minimum absolute atomic E-state index is 0.0622. The van der Waals surface area contributed by atoms with Crippen LogP contribution in [0.3, 0.4) is 0 Å². The lowest BCUT2D eigenvalue weighted by atomic mass is 10.0. The quantitative estimate of drug-likeness (QED) is 0.296. The number of carbonyl (C=O) groups excluding carboxylic acids is 1. The van der Waals surface area contributed by atoms with E-state index in [1.165, 1.54) is 0 Å². The summed E-state index contributed by atoms with van der Waals surface area (Å²) in [6, 6.07) is 19.4. The molecule has 0 amide bonds. The number of carbonyl (C=O) groups is 1. The normalized spacial score (nSPS) is 10.6. The first-order valence-electron chi connectivity index (χ1n) is 11.0. The Morgan fingerprint density at radius 3 is 2.53 bits per heavy atom. The molecular formula is C28H24N2O4. The summed E-state index contributed by atoms with van der Waals surface area (Å²) < 4.78 is 11.8. The smallest absolute Gasteiger partial charge is 0.229 e. The van der Waals surface area contributed by atoms with Crippen LogP contribution in [0, 0.1) is 6.57 Å². The number of pyridine rings is 1. The number of aromatic nitrogens is 1. The van der Waals surface area contributed by atoms with E-state index < -0.39 is 0 Å². The van der Waals surface area contributed by atoms with E-state index >= 15 is 0 Å². The Kier molecular flexibility index (Phi) is 7.04. The molecule has 6 heteroatoms. The third kappa shape index (κ3) is 5.51. The molecule has 3 aromatic carbocycles. The zero-order valence-corrected chi connectivity index (χ0v) is 18.8. The van der Waals surface area contributed by atoms with Crippen molar-refractivity contribution >= 4 is 22.4 Å². The Morgan fingerprint density at radius 2 is 1.79 bits per heavy atom. The van der Waals surface area contributed by atoms with Crippen molar-refractivity contribution in [3.63, 3.8) is 0 Å². The van der Waals surface area contributed by atoms with Crippen LogP contribution in [0.4, 0.5) is 5.69 Å². The van der Waals surface area contributed by atoms with Crippen molar-refractivity contribution in [2.75, 3.05) is 6.61 Å². The average Bonchev–Trinajstić information content (AvgIpc) is 2.83. The summed E-state index contributed by atoms with van der Waals surface area (Å²) in [5, 5.41) is 10.3. The molecule has 0 aliphatic heterocycles. The lowest BCUT2D eigenvalue weighted by Crippen LogP contribution is -2.06. The number of rotatable bonds is 9. The molecule has 1 N–H and O–H groups in total. The number of benzene rings is 3. The van der Waals surface area contributed by atoms with Gasteiger partial charge in [-0.1, -0.05) is 31.2 Å². The van der Waals surface area contributed by atoms with Crippen LogP contribution in [0.1, 0.15) is 24.5 Å². The Bertz CT molecular complexity index is 1360. The molecule has 1 heterocycles. The highest BCUT2D eigenvalue weighted by Crippen LogP contribution is 2.37. The largest absolute Gasteiger partial charge is 0.508 e. The van der Waals surface area contributed by atoms with Crippen molar-refractivity contribution in [2.24, 2.45) is 0 Å². The highest BCUT2D eigenvalue weighted by molar-refractivity contribution is 5.91. The van der Waals surface area contributed by atoms with E-state index in [0.717, 1.165) is 22.9 Å². The van der Waals surface area contributed by atoms with E-state index in [0.29, 0.717) is 41.5 Å². The summed E-state index contributed by atoms with van der Waals surface area (Å²) in [5.74, 6) is 1.95. The Hall–Kier alpha value is -4.37. The van der Waals surface area contributed by atoms with Crippen LogP contribution >= 0.6 is 0 Å². The molecule has 0 aliphatic carbocycles. The topological polar surface area (TPSA) is 73.0 Å². The molecule has 0 atom stereocenters. The van der Waals surface area contributed by atoms with E-state index in [4.69, 9.17) is 16.0 Å². The molecule has 0 fully saturated rings. The van der Waals surface area contributed by atoms with Gasteiger partial charge >= 0.3 is 0 Å². The summed E-state index contributed by atoms with van der Waals surface area (Å²) in [7, 11) is 0. The Balaban J connectivity index is 1.48. The number of phenolic OH excluding ortho intramolecular Hbond substituents is 1. The number of ether oxygens (including phenoxy) is 2. The van der Waals surface area contributed by atoms with Crippen LogP contribution in [0.15, 0.2) is 72.9 Å².